The van der Waals surface area contributed by atoms with Gasteiger partial charge < -0.3 is 20.1 Å². The fraction of sp³-hybridized carbons (Fsp3) is 0.583. The molecule has 0 radical (unpaired) electrons. The minimum atomic E-state index is -1.08. The molecule has 0 saturated carbocycles. The van der Waals surface area contributed by atoms with Crippen molar-refractivity contribution in [2.45, 2.75) is 31.9 Å². The van der Waals surface area contributed by atoms with Gasteiger partial charge in [-0.2, -0.15) is 0 Å². The summed E-state index contributed by atoms with van der Waals surface area (Å²) in [5.41, 5.74) is 0.660. The van der Waals surface area contributed by atoms with E-state index in [0.29, 0.717) is 12.3 Å². The molecule has 104 valence electrons. The fourth-order valence-electron chi connectivity index (χ4n) is 2.10. The number of nitrogens with zero attached hydrogens (tertiary/aromatic N) is 1. The summed E-state index contributed by atoms with van der Waals surface area (Å²) in [5.74, 6) is -1.33. The van der Waals surface area contributed by atoms with Gasteiger partial charge >= 0.3 is 5.97 Å². The molecule has 3 N–H and O–H groups in total. The third kappa shape index (κ3) is 3.31. The number of aromatic nitrogens is 2. The van der Waals surface area contributed by atoms with E-state index in [2.05, 4.69) is 15.3 Å². The molecule has 1 aliphatic heterocycles. The fourth-order valence-corrected chi connectivity index (χ4v) is 2.10. The van der Waals surface area contributed by atoms with Crippen LogP contribution < -0.4 is 5.32 Å². The van der Waals surface area contributed by atoms with E-state index >= 15 is 0 Å². The van der Waals surface area contributed by atoms with Crippen LogP contribution in [0.5, 0.6) is 0 Å². The van der Waals surface area contributed by atoms with Gasteiger partial charge in [0.05, 0.1) is 6.33 Å². The quantitative estimate of drug-likeness (QED) is 0.693. The van der Waals surface area contributed by atoms with Gasteiger partial charge in [-0.3, -0.25) is 4.79 Å². The minimum Gasteiger partial charge on any atom is -0.480 e. The van der Waals surface area contributed by atoms with Crippen molar-refractivity contribution in [3.05, 3.63) is 18.2 Å². The SMILES string of the molecule is CC1CCOC1C(=O)NC(Cc1cnc[nH]1)C(=O)O. The van der Waals surface area contributed by atoms with Crippen LogP contribution in [0.1, 0.15) is 19.0 Å². The number of nitrogens with one attached hydrogen (secondary N) is 2. The molecule has 2 heterocycles. The second-order valence-electron chi connectivity index (χ2n) is 4.74. The van der Waals surface area contributed by atoms with Crippen LogP contribution in [-0.4, -0.2) is 45.7 Å². The Morgan fingerprint density at radius 1 is 1.68 bits per heavy atom. The van der Waals surface area contributed by atoms with Crippen LogP contribution in [0, 0.1) is 5.92 Å². The lowest BCUT2D eigenvalue weighted by Crippen LogP contribution is -2.47. The first kappa shape index (κ1) is 13.5. The van der Waals surface area contributed by atoms with Crippen LogP contribution in [-0.2, 0) is 20.7 Å². The molecule has 1 amide bonds. The van der Waals surface area contributed by atoms with Gasteiger partial charge in [-0.15, -0.1) is 0 Å². The Morgan fingerprint density at radius 2 is 2.47 bits per heavy atom. The Labute approximate surface area is 110 Å². The highest BCUT2D eigenvalue weighted by molar-refractivity contribution is 5.86. The van der Waals surface area contributed by atoms with Crippen LogP contribution in [0.15, 0.2) is 12.5 Å². The van der Waals surface area contributed by atoms with Crippen molar-refractivity contribution in [1.29, 1.82) is 0 Å². The zero-order valence-electron chi connectivity index (χ0n) is 10.6. The maximum absolute atomic E-state index is 12.0. The van der Waals surface area contributed by atoms with Gasteiger partial charge in [0.1, 0.15) is 12.1 Å². The van der Waals surface area contributed by atoms with Gasteiger partial charge in [0, 0.05) is 24.9 Å². The second-order valence-corrected chi connectivity index (χ2v) is 4.74. The summed E-state index contributed by atoms with van der Waals surface area (Å²) in [6, 6.07) is -0.982. The van der Waals surface area contributed by atoms with E-state index in [9.17, 15) is 9.59 Å². The predicted molar refractivity (Wildman–Crippen MR) is 65.4 cm³/mol. The highest BCUT2D eigenvalue weighted by Crippen LogP contribution is 2.20. The first-order valence-corrected chi connectivity index (χ1v) is 6.20. The van der Waals surface area contributed by atoms with E-state index in [4.69, 9.17) is 9.84 Å². The number of carboxylic acid groups (broad SMARTS) is 1. The zero-order valence-corrected chi connectivity index (χ0v) is 10.6. The Hall–Kier alpha value is -1.89. The molecule has 1 aromatic rings. The van der Waals surface area contributed by atoms with Gasteiger partial charge in [0.25, 0.3) is 0 Å². The molecule has 1 aliphatic rings. The predicted octanol–water partition coefficient (Wildman–Crippen LogP) is -0.0534. The molecular formula is C12H17N3O4. The monoisotopic (exact) mass is 267 g/mol. The molecule has 0 aliphatic carbocycles. The number of carbonyl (C=O) groups excluding carboxylic acids is 1. The van der Waals surface area contributed by atoms with Gasteiger partial charge in [-0.25, -0.2) is 9.78 Å². The first-order valence-electron chi connectivity index (χ1n) is 6.20. The zero-order chi connectivity index (χ0) is 13.8. The van der Waals surface area contributed by atoms with Gasteiger partial charge in [0.15, 0.2) is 0 Å². The highest BCUT2D eigenvalue weighted by Gasteiger charge is 2.33. The standard InChI is InChI=1S/C12H17N3O4/c1-7-2-3-19-10(7)11(16)15-9(12(17)18)4-8-5-13-6-14-8/h5-7,9-10H,2-4H2,1H3,(H,13,14)(H,15,16)(H,17,18). The largest absolute Gasteiger partial charge is 0.480 e. The molecule has 3 atom stereocenters. The Bertz CT molecular complexity index is 446. The highest BCUT2D eigenvalue weighted by atomic mass is 16.5. The lowest BCUT2D eigenvalue weighted by Gasteiger charge is -2.18. The van der Waals surface area contributed by atoms with Crippen molar-refractivity contribution in [1.82, 2.24) is 15.3 Å². The van der Waals surface area contributed by atoms with E-state index < -0.39 is 18.1 Å². The summed E-state index contributed by atoms with van der Waals surface area (Å²) in [6.45, 7) is 2.46. The second kappa shape index (κ2) is 5.83. The smallest absolute Gasteiger partial charge is 0.326 e. The number of rotatable bonds is 5. The normalized spacial score (nSPS) is 24.1. The van der Waals surface area contributed by atoms with Crippen molar-refractivity contribution in [3.63, 3.8) is 0 Å². The first-order chi connectivity index (χ1) is 9.08. The number of H-pyrrole nitrogens is 1. The third-order valence-electron chi connectivity index (χ3n) is 3.24. The number of hydrogen-bond acceptors (Lipinski definition) is 4. The molecule has 3 unspecified atom stereocenters. The number of hydrogen-bond donors (Lipinski definition) is 3. The maximum Gasteiger partial charge on any atom is 0.326 e. The number of aliphatic carboxylic acids is 1. The van der Waals surface area contributed by atoms with Crippen molar-refractivity contribution in [3.8, 4) is 0 Å². The minimum absolute atomic E-state index is 0.113. The molecule has 1 fully saturated rings. The summed E-state index contributed by atoms with van der Waals surface area (Å²) < 4.78 is 5.32. The molecule has 7 nitrogen and oxygen atoms in total. The van der Waals surface area contributed by atoms with Crippen LogP contribution in [0.2, 0.25) is 0 Å². The maximum atomic E-state index is 12.0. The summed E-state index contributed by atoms with van der Waals surface area (Å²) >= 11 is 0. The van der Waals surface area contributed by atoms with Gasteiger partial charge in [-0.1, -0.05) is 6.92 Å². The molecule has 0 aromatic carbocycles. The van der Waals surface area contributed by atoms with E-state index in [1.165, 1.54) is 12.5 Å². The lowest BCUT2D eigenvalue weighted by atomic mass is 10.0. The third-order valence-corrected chi connectivity index (χ3v) is 3.24. The van der Waals surface area contributed by atoms with Gasteiger partial charge in [0.2, 0.25) is 5.91 Å². The Balaban J connectivity index is 1.96. The molecule has 7 heteroatoms. The van der Waals surface area contributed by atoms with E-state index in [1.807, 2.05) is 6.92 Å². The molecule has 0 bridgehead atoms. The summed E-state index contributed by atoms with van der Waals surface area (Å²) in [4.78, 5) is 29.8. The number of ether oxygens (including phenoxy) is 1. The van der Waals surface area contributed by atoms with E-state index in [1.54, 1.807) is 0 Å². The van der Waals surface area contributed by atoms with Crippen molar-refractivity contribution in [2.75, 3.05) is 6.61 Å². The van der Waals surface area contributed by atoms with Crippen LogP contribution in [0.3, 0.4) is 0 Å². The summed E-state index contributed by atoms with van der Waals surface area (Å²) in [7, 11) is 0. The van der Waals surface area contributed by atoms with E-state index in [0.717, 1.165) is 6.42 Å². The van der Waals surface area contributed by atoms with Gasteiger partial charge in [-0.05, 0) is 12.3 Å². The van der Waals surface area contributed by atoms with Crippen molar-refractivity contribution < 1.29 is 19.4 Å². The van der Waals surface area contributed by atoms with Crippen LogP contribution in [0.4, 0.5) is 0 Å². The molecular weight excluding hydrogens is 250 g/mol. The molecule has 1 saturated heterocycles. The number of carbonyl (C=O) groups is 2. The van der Waals surface area contributed by atoms with Crippen molar-refractivity contribution >= 4 is 11.9 Å². The topological polar surface area (TPSA) is 104 Å². The average Bonchev–Trinajstić information content (AvgIpc) is 2.99. The van der Waals surface area contributed by atoms with E-state index in [-0.39, 0.29) is 18.2 Å². The number of aromatic amines is 1. The summed E-state index contributed by atoms with van der Waals surface area (Å²) in [6.07, 6.45) is 3.44. The van der Waals surface area contributed by atoms with Crippen molar-refractivity contribution in [2.24, 2.45) is 5.92 Å². The summed E-state index contributed by atoms with van der Waals surface area (Å²) in [5, 5.41) is 11.7. The number of amides is 1. The van der Waals surface area contributed by atoms with Crippen LogP contribution in [0.25, 0.3) is 0 Å². The Kier molecular flexibility index (Phi) is 4.16. The molecule has 2 rings (SSSR count). The molecule has 1 aromatic heterocycles. The lowest BCUT2D eigenvalue weighted by molar-refractivity contribution is -0.144. The Morgan fingerprint density at radius 3 is 3.00 bits per heavy atom. The molecule has 19 heavy (non-hydrogen) atoms. The number of imidazole rings is 1. The molecule has 0 spiro atoms. The van der Waals surface area contributed by atoms with Crippen LogP contribution >= 0.6 is 0 Å². The average molecular weight is 267 g/mol. The number of carboxylic acids is 1.